The van der Waals surface area contributed by atoms with Crippen molar-refractivity contribution in [1.82, 2.24) is 0 Å². The molecule has 0 N–H and O–H groups in total. The fourth-order valence-corrected chi connectivity index (χ4v) is 1.59. The number of epoxide rings is 1. The summed E-state index contributed by atoms with van der Waals surface area (Å²) in [6, 6.07) is 0. The van der Waals surface area contributed by atoms with E-state index in [1.54, 1.807) is 0 Å². The van der Waals surface area contributed by atoms with Gasteiger partial charge in [-0.2, -0.15) is 0 Å². The van der Waals surface area contributed by atoms with Gasteiger partial charge < -0.3 is 4.74 Å². The molecular formula is C8H5F5O. The van der Waals surface area contributed by atoms with Crippen molar-refractivity contribution in [2.75, 3.05) is 0 Å². The molecule has 0 radical (unpaired) electrons. The van der Waals surface area contributed by atoms with E-state index in [1.165, 1.54) is 6.92 Å². The van der Waals surface area contributed by atoms with Gasteiger partial charge in [0.2, 0.25) is 5.83 Å². The molecule has 0 amide bonds. The van der Waals surface area contributed by atoms with E-state index in [0.29, 0.717) is 0 Å². The van der Waals surface area contributed by atoms with Crippen LogP contribution in [0, 0.1) is 0 Å². The summed E-state index contributed by atoms with van der Waals surface area (Å²) in [6.45, 7) is 1.28. The van der Waals surface area contributed by atoms with E-state index in [1.807, 2.05) is 0 Å². The van der Waals surface area contributed by atoms with Crippen molar-refractivity contribution in [3.05, 3.63) is 23.3 Å². The minimum absolute atomic E-state index is 0.316. The van der Waals surface area contributed by atoms with Gasteiger partial charge in [0.05, 0.1) is 0 Å². The summed E-state index contributed by atoms with van der Waals surface area (Å²) in [7, 11) is 0. The molecule has 0 bridgehead atoms. The third-order valence-corrected chi connectivity index (χ3v) is 2.51. The molecule has 0 aromatic heterocycles. The number of fused-ring (bicyclic) bond motifs is 1. The third-order valence-electron chi connectivity index (χ3n) is 2.51. The van der Waals surface area contributed by atoms with E-state index in [4.69, 9.17) is 0 Å². The molecule has 0 spiro atoms. The van der Waals surface area contributed by atoms with Gasteiger partial charge in [0.25, 0.3) is 0 Å². The first-order valence-electron chi connectivity index (χ1n) is 3.91. The van der Waals surface area contributed by atoms with Crippen molar-refractivity contribution in [3.8, 4) is 0 Å². The van der Waals surface area contributed by atoms with E-state index in [-0.39, 0.29) is 6.42 Å². The summed E-state index contributed by atoms with van der Waals surface area (Å²) in [5.74, 6) is -11.1. The highest BCUT2D eigenvalue weighted by Crippen LogP contribution is 2.65. The number of hydrogen-bond acceptors (Lipinski definition) is 1. The van der Waals surface area contributed by atoms with Crippen molar-refractivity contribution in [1.29, 1.82) is 0 Å². The number of allylic oxidation sites excluding steroid dienone is 2. The molecule has 2 rings (SSSR count). The molecule has 6 heteroatoms. The Morgan fingerprint density at radius 1 is 1.07 bits per heavy atom. The topological polar surface area (TPSA) is 12.5 Å². The van der Waals surface area contributed by atoms with E-state index in [9.17, 15) is 22.0 Å². The molecule has 0 aromatic carbocycles. The summed E-state index contributed by atoms with van der Waals surface area (Å²) in [5, 5.41) is 0. The molecule has 0 saturated carbocycles. The van der Waals surface area contributed by atoms with Crippen LogP contribution in [0.3, 0.4) is 0 Å². The first-order valence-corrected chi connectivity index (χ1v) is 3.91. The summed E-state index contributed by atoms with van der Waals surface area (Å²) in [5.41, 5.74) is -2.29. The Morgan fingerprint density at radius 2 is 1.57 bits per heavy atom. The lowest BCUT2D eigenvalue weighted by molar-refractivity contribution is 0.145. The molecular weight excluding hydrogens is 207 g/mol. The minimum atomic E-state index is -3.16. The van der Waals surface area contributed by atoms with Crippen LogP contribution in [0.5, 0.6) is 0 Å². The predicted octanol–water partition coefficient (Wildman–Crippen LogP) is 3.15. The Morgan fingerprint density at radius 3 is 2.07 bits per heavy atom. The van der Waals surface area contributed by atoms with Gasteiger partial charge in [-0.25, -0.2) is 22.0 Å². The van der Waals surface area contributed by atoms with Crippen molar-refractivity contribution in [2.45, 2.75) is 24.8 Å². The molecule has 2 unspecified atom stereocenters. The van der Waals surface area contributed by atoms with Gasteiger partial charge in [-0.15, -0.1) is 0 Å². The van der Waals surface area contributed by atoms with Crippen LogP contribution in [0.1, 0.15) is 13.3 Å². The fraction of sp³-hybridized carbons (Fsp3) is 0.500. The Kier molecular flexibility index (Phi) is 1.63. The Bertz CT molecular complexity index is 374. The monoisotopic (exact) mass is 212 g/mol. The Labute approximate surface area is 75.8 Å². The second-order valence-corrected chi connectivity index (χ2v) is 3.13. The molecule has 1 heterocycles. The molecule has 2 aliphatic rings. The van der Waals surface area contributed by atoms with Crippen LogP contribution in [0.2, 0.25) is 0 Å². The smallest absolute Gasteiger partial charge is 0.302 e. The van der Waals surface area contributed by atoms with E-state index >= 15 is 0 Å². The zero-order valence-corrected chi connectivity index (χ0v) is 7.01. The lowest BCUT2D eigenvalue weighted by Crippen LogP contribution is -2.27. The standard InChI is InChI=1S/C8H5F5O/c1-2-7-5(11)3(9)4(10)6(12)8(7,13)14-7/h2H2,1H3. The zero-order chi connectivity index (χ0) is 10.7. The van der Waals surface area contributed by atoms with Crippen LogP contribution < -0.4 is 0 Å². The molecule has 0 aromatic rings. The van der Waals surface area contributed by atoms with Crippen molar-refractivity contribution in [3.63, 3.8) is 0 Å². The SMILES string of the molecule is CCC12OC1(F)C(F)=C(F)C(F)=C2F. The lowest BCUT2D eigenvalue weighted by Gasteiger charge is -2.14. The summed E-state index contributed by atoms with van der Waals surface area (Å²) in [6.07, 6.45) is -0.316. The summed E-state index contributed by atoms with van der Waals surface area (Å²) < 4.78 is 68.6. The molecule has 2 atom stereocenters. The van der Waals surface area contributed by atoms with Crippen LogP contribution in [0.15, 0.2) is 23.3 Å². The van der Waals surface area contributed by atoms with Crippen LogP contribution in [0.4, 0.5) is 22.0 Å². The second kappa shape index (κ2) is 2.36. The maximum atomic E-state index is 13.3. The van der Waals surface area contributed by atoms with Gasteiger partial charge in [-0.1, -0.05) is 6.92 Å². The molecule has 1 saturated heterocycles. The maximum absolute atomic E-state index is 13.3. The van der Waals surface area contributed by atoms with Gasteiger partial charge in [0, 0.05) is 0 Å². The normalized spacial score (nSPS) is 41.6. The van der Waals surface area contributed by atoms with Gasteiger partial charge in [-0.3, -0.25) is 0 Å². The molecule has 1 aliphatic carbocycles. The molecule has 78 valence electrons. The van der Waals surface area contributed by atoms with E-state index < -0.39 is 34.8 Å². The number of hydrogen-bond donors (Lipinski definition) is 0. The fourth-order valence-electron chi connectivity index (χ4n) is 1.59. The Hall–Kier alpha value is -0.910. The van der Waals surface area contributed by atoms with Gasteiger partial charge in [0.15, 0.2) is 23.1 Å². The van der Waals surface area contributed by atoms with E-state index in [0.717, 1.165) is 0 Å². The first kappa shape index (κ1) is 9.64. The molecule has 1 fully saturated rings. The predicted molar refractivity (Wildman–Crippen MR) is 36.4 cm³/mol. The van der Waals surface area contributed by atoms with E-state index in [2.05, 4.69) is 4.74 Å². The second-order valence-electron chi connectivity index (χ2n) is 3.13. The maximum Gasteiger partial charge on any atom is 0.302 e. The average Bonchev–Trinajstić information content (AvgIpc) is 2.81. The molecule has 1 nitrogen and oxygen atoms in total. The highest BCUT2D eigenvalue weighted by molar-refractivity contribution is 5.47. The highest BCUT2D eigenvalue weighted by atomic mass is 19.2. The van der Waals surface area contributed by atoms with Crippen LogP contribution in [-0.4, -0.2) is 11.5 Å². The van der Waals surface area contributed by atoms with Gasteiger partial charge in [0.1, 0.15) is 0 Å². The number of halogens is 5. The van der Waals surface area contributed by atoms with Crippen LogP contribution in [0.25, 0.3) is 0 Å². The summed E-state index contributed by atoms with van der Waals surface area (Å²) >= 11 is 0. The molecule has 1 aliphatic heterocycles. The van der Waals surface area contributed by atoms with Crippen molar-refractivity contribution in [2.24, 2.45) is 0 Å². The third kappa shape index (κ3) is 0.739. The van der Waals surface area contributed by atoms with Gasteiger partial charge in [-0.05, 0) is 6.42 Å². The van der Waals surface area contributed by atoms with Gasteiger partial charge >= 0.3 is 5.85 Å². The summed E-state index contributed by atoms with van der Waals surface area (Å²) in [4.78, 5) is 0. The number of alkyl halides is 1. The van der Waals surface area contributed by atoms with Crippen molar-refractivity contribution < 1.29 is 26.7 Å². The zero-order valence-electron chi connectivity index (χ0n) is 7.01. The largest absolute Gasteiger partial charge is 0.317 e. The van der Waals surface area contributed by atoms with Crippen molar-refractivity contribution >= 4 is 0 Å². The van der Waals surface area contributed by atoms with Crippen LogP contribution >= 0.6 is 0 Å². The Balaban J connectivity index is 2.61. The minimum Gasteiger partial charge on any atom is -0.317 e. The lowest BCUT2D eigenvalue weighted by atomic mass is 9.93. The molecule has 14 heavy (non-hydrogen) atoms. The quantitative estimate of drug-likeness (QED) is 0.480. The number of rotatable bonds is 1. The van der Waals surface area contributed by atoms with Crippen LogP contribution in [-0.2, 0) is 4.74 Å². The average molecular weight is 212 g/mol. The highest BCUT2D eigenvalue weighted by Gasteiger charge is 2.80. The first-order chi connectivity index (χ1) is 6.40. The number of ether oxygens (including phenoxy) is 1.